The lowest BCUT2D eigenvalue weighted by Crippen LogP contribution is -2.28. The van der Waals surface area contributed by atoms with E-state index in [1.54, 1.807) is 13.8 Å². The average molecular weight is 315 g/mol. The van der Waals surface area contributed by atoms with Gasteiger partial charge in [0.2, 0.25) is 0 Å². The molecule has 1 rings (SSSR count). The van der Waals surface area contributed by atoms with Crippen molar-refractivity contribution in [2.45, 2.75) is 26.8 Å². The molecule has 6 heteroatoms. The van der Waals surface area contributed by atoms with Crippen molar-refractivity contribution in [3.63, 3.8) is 0 Å². The van der Waals surface area contributed by atoms with Gasteiger partial charge in [-0.2, -0.15) is 0 Å². The Morgan fingerprint density at radius 2 is 1.80 bits per heavy atom. The van der Waals surface area contributed by atoms with E-state index in [9.17, 15) is 4.57 Å². The summed E-state index contributed by atoms with van der Waals surface area (Å²) in [7, 11) is -3.13. The second-order valence-electron chi connectivity index (χ2n) is 4.30. The molecule has 1 atom stereocenters. The third-order valence-electron chi connectivity index (χ3n) is 2.67. The Bertz CT molecular complexity index is 457. The number of rotatable bonds is 8. The highest BCUT2D eigenvalue weighted by Gasteiger charge is 2.26. The highest BCUT2D eigenvalue weighted by Crippen LogP contribution is 2.47. The lowest BCUT2D eigenvalue weighted by Gasteiger charge is -2.20. The first-order valence-corrected chi connectivity index (χ1v) is 8.86. The maximum Gasteiger partial charge on any atom is 0.337 e. The van der Waals surface area contributed by atoms with E-state index in [1.807, 2.05) is 37.3 Å². The molecule has 0 bridgehead atoms. The average Bonchev–Trinajstić information content (AvgIpc) is 2.39. The summed E-state index contributed by atoms with van der Waals surface area (Å²) in [6.07, 6.45) is 0.112. The molecule has 1 aromatic rings. The zero-order valence-corrected chi connectivity index (χ0v) is 13.9. The molecule has 0 spiro atoms. The van der Waals surface area contributed by atoms with Gasteiger partial charge >= 0.3 is 7.60 Å². The highest BCUT2D eigenvalue weighted by atomic mass is 32.1. The Hall–Kier alpha value is -0.740. The van der Waals surface area contributed by atoms with Gasteiger partial charge in [-0.05, 0) is 26.3 Å². The maximum absolute atomic E-state index is 12.4. The van der Waals surface area contributed by atoms with Gasteiger partial charge in [-0.15, -0.1) is 0 Å². The first kappa shape index (κ1) is 17.3. The Morgan fingerprint density at radius 1 is 1.25 bits per heavy atom. The third kappa shape index (κ3) is 5.71. The van der Waals surface area contributed by atoms with Crippen LogP contribution in [-0.2, 0) is 13.6 Å². The van der Waals surface area contributed by atoms with E-state index in [0.717, 1.165) is 5.56 Å². The van der Waals surface area contributed by atoms with Crippen LogP contribution < -0.4 is 5.32 Å². The van der Waals surface area contributed by atoms with E-state index in [0.29, 0.717) is 18.2 Å². The minimum atomic E-state index is -3.13. The summed E-state index contributed by atoms with van der Waals surface area (Å²) in [6.45, 7) is 6.26. The van der Waals surface area contributed by atoms with Crippen molar-refractivity contribution < 1.29 is 13.6 Å². The Morgan fingerprint density at radius 3 is 2.30 bits per heavy atom. The van der Waals surface area contributed by atoms with E-state index in [1.165, 1.54) is 0 Å². The summed E-state index contributed by atoms with van der Waals surface area (Å²) >= 11 is 5.26. The predicted molar refractivity (Wildman–Crippen MR) is 86.3 cm³/mol. The molecule has 1 unspecified atom stereocenters. The number of nitrogens with one attached hydrogen (secondary N) is 1. The molecule has 0 aliphatic rings. The summed E-state index contributed by atoms with van der Waals surface area (Å²) in [5, 5.41) is 3.17. The maximum atomic E-state index is 12.4. The fourth-order valence-corrected chi connectivity index (χ4v) is 3.95. The quantitative estimate of drug-likeness (QED) is 0.582. The minimum absolute atomic E-state index is 0.0559. The highest BCUT2D eigenvalue weighted by molar-refractivity contribution is 7.81. The van der Waals surface area contributed by atoms with Crippen molar-refractivity contribution in [1.82, 2.24) is 5.32 Å². The third-order valence-corrected chi connectivity index (χ3v) is 5.15. The number of thiocarbonyl (C=S) groups is 1. The van der Waals surface area contributed by atoms with E-state index in [2.05, 4.69) is 5.32 Å². The minimum Gasteiger partial charge on any atom is -0.373 e. The van der Waals surface area contributed by atoms with Crippen molar-refractivity contribution >= 4 is 24.8 Å². The van der Waals surface area contributed by atoms with Crippen molar-refractivity contribution in [2.24, 2.45) is 0 Å². The topological polar surface area (TPSA) is 47.6 Å². The van der Waals surface area contributed by atoms with Crippen LogP contribution in [0.15, 0.2) is 30.3 Å². The van der Waals surface area contributed by atoms with Crippen LogP contribution in [0.5, 0.6) is 0 Å². The van der Waals surface area contributed by atoms with Gasteiger partial charge in [0.15, 0.2) is 0 Å². The summed E-state index contributed by atoms with van der Waals surface area (Å²) in [4.78, 5) is 0.492. The van der Waals surface area contributed by atoms with Crippen LogP contribution in [0.25, 0.3) is 0 Å². The predicted octanol–water partition coefficient (Wildman–Crippen LogP) is 3.93. The van der Waals surface area contributed by atoms with E-state index in [4.69, 9.17) is 21.3 Å². The van der Waals surface area contributed by atoms with Crippen LogP contribution in [0.4, 0.5) is 0 Å². The van der Waals surface area contributed by atoms with Crippen molar-refractivity contribution in [1.29, 1.82) is 0 Å². The zero-order valence-electron chi connectivity index (χ0n) is 12.2. The van der Waals surface area contributed by atoms with Gasteiger partial charge in [-0.1, -0.05) is 42.5 Å². The molecule has 0 saturated carbocycles. The number of hydrogen-bond acceptors (Lipinski definition) is 4. The van der Waals surface area contributed by atoms with Gasteiger partial charge in [-0.3, -0.25) is 4.57 Å². The Kier molecular flexibility index (Phi) is 7.38. The molecule has 0 radical (unpaired) electrons. The van der Waals surface area contributed by atoms with Crippen LogP contribution in [-0.4, -0.2) is 24.4 Å². The van der Waals surface area contributed by atoms with Crippen LogP contribution in [0.3, 0.4) is 0 Å². The number of hydrogen-bond donors (Lipinski definition) is 1. The van der Waals surface area contributed by atoms with Crippen molar-refractivity contribution in [3.8, 4) is 0 Å². The monoisotopic (exact) mass is 315 g/mol. The largest absolute Gasteiger partial charge is 0.373 e. The molecule has 0 aliphatic heterocycles. The van der Waals surface area contributed by atoms with E-state index in [-0.39, 0.29) is 12.2 Å². The van der Waals surface area contributed by atoms with Crippen LogP contribution in [0.1, 0.15) is 32.4 Å². The summed E-state index contributed by atoms with van der Waals surface area (Å²) in [6, 6.07) is 10.0. The second-order valence-corrected chi connectivity index (χ2v) is 6.85. The van der Waals surface area contributed by atoms with Crippen LogP contribution >= 0.6 is 19.8 Å². The Labute approximate surface area is 126 Å². The molecule has 0 amide bonds. The smallest absolute Gasteiger partial charge is 0.337 e. The van der Waals surface area contributed by atoms with Gasteiger partial charge in [0, 0.05) is 6.04 Å². The molecule has 0 aromatic heterocycles. The van der Waals surface area contributed by atoms with Gasteiger partial charge in [0.25, 0.3) is 0 Å². The van der Waals surface area contributed by atoms with Gasteiger partial charge in [-0.25, -0.2) is 0 Å². The molecular formula is C14H22NO3PS. The standard InChI is InChI=1S/C14H22NO3PS/c1-4-17-19(16,18-5-2)11-14(20)15-12(3)13-9-7-6-8-10-13/h6-10,12H,4-5,11H2,1-3H3,(H,15,20). The molecule has 20 heavy (non-hydrogen) atoms. The SMILES string of the molecule is CCOP(=O)(CC(=S)NC(C)c1ccccc1)OCC. The number of benzene rings is 1. The first-order valence-electron chi connectivity index (χ1n) is 6.73. The molecule has 4 nitrogen and oxygen atoms in total. The summed E-state index contributed by atoms with van der Waals surface area (Å²) in [5.41, 5.74) is 1.12. The van der Waals surface area contributed by atoms with Gasteiger partial charge < -0.3 is 14.4 Å². The first-order chi connectivity index (χ1) is 9.50. The summed E-state index contributed by atoms with van der Waals surface area (Å²) in [5.74, 6) is 0. The molecule has 0 heterocycles. The fraction of sp³-hybridized carbons (Fsp3) is 0.500. The second kappa shape index (κ2) is 8.53. The van der Waals surface area contributed by atoms with Crippen LogP contribution in [0.2, 0.25) is 0 Å². The van der Waals surface area contributed by atoms with Crippen LogP contribution in [0, 0.1) is 0 Å². The fourth-order valence-electron chi connectivity index (χ4n) is 1.81. The van der Waals surface area contributed by atoms with Gasteiger partial charge in [0.1, 0.15) is 6.16 Å². The molecule has 0 fully saturated rings. The molecule has 1 N–H and O–H groups in total. The normalized spacial score (nSPS) is 12.9. The molecule has 1 aromatic carbocycles. The molecular weight excluding hydrogens is 293 g/mol. The molecule has 0 saturated heterocycles. The van der Waals surface area contributed by atoms with Gasteiger partial charge in [0.05, 0.1) is 18.2 Å². The van der Waals surface area contributed by atoms with Crippen molar-refractivity contribution in [2.75, 3.05) is 19.4 Å². The summed E-state index contributed by atoms with van der Waals surface area (Å²) < 4.78 is 22.8. The molecule has 112 valence electrons. The van der Waals surface area contributed by atoms with Crippen molar-refractivity contribution in [3.05, 3.63) is 35.9 Å². The lowest BCUT2D eigenvalue weighted by molar-refractivity contribution is 0.223. The lowest BCUT2D eigenvalue weighted by atomic mass is 10.1. The zero-order chi connectivity index (χ0) is 15.0. The molecule has 0 aliphatic carbocycles. The Balaban J connectivity index is 2.60. The van der Waals surface area contributed by atoms with E-state index >= 15 is 0 Å². The van der Waals surface area contributed by atoms with E-state index < -0.39 is 7.60 Å².